The Morgan fingerprint density at radius 1 is 0.913 bits per heavy atom. The van der Waals surface area contributed by atoms with Gasteiger partial charge in [-0.3, -0.25) is 4.98 Å². The van der Waals surface area contributed by atoms with Gasteiger partial charge in [-0.1, -0.05) is 54.6 Å². The molecule has 3 aromatic rings. The van der Waals surface area contributed by atoms with Crippen LogP contribution in [-0.4, -0.2) is 16.7 Å². The topological polar surface area (TPSA) is 33.1 Å². The summed E-state index contributed by atoms with van der Waals surface area (Å²) >= 11 is 2.29. The van der Waals surface area contributed by atoms with Crippen molar-refractivity contribution in [3.63, 3.8) is 0 Å². The van der Waals surface area contributed by atoms with Crippen LogP contribution >= 0.6 is 22.6 Å². The van der Waals surface area contributed by atoms with Gasteiger partial charge in [0.1, 0.15) is 0 Å². The minimum Gasteiger partial charge on any atom is -0.392 e. The molecule has 0 amide bonds. The summed E-state index contributed by atoms with van der Waals surface area (Å²) in [5.74, 6) is 0. The summed E-state index contributed by atoms with van der Waals surface area (Å²) in [6.07, 6.45) is 3.68. The van der Waals surface area contributed by atoms with E-state index in [1.165, 1.54) is 3.57 Å². The van der Waals surface area contributed by atoms with Crippen LogP contribution in [0.5, 0.6) is 0 Å². The van der Waals surface area contributed by atoms with Gasteiger partial charge >= 0.3 is 0 Å². The van der Waals surface area contributed by atoms with Gasteiger partial charge in [-0.15, -0.1) is 0 Å². The average molecular weight is 413 g/mol. The van der Waals surface area contributed by atoms with E-state index in [9.17, 15) is 5.11 Å². The molecule has 0 spiro atoms. The quantitative estimate of drug-likeness (QED) is 0.625. The molecule has 0 aliphatic heterocycles. The molecule has 1 aromatic heterocycles. The second kappa shape index (κ2) is 7.53. The van der Waals surface area contributed by atoms with Gasteiger partial charge in [-0.25, -0.2) is 0 Å². The number of nitrogens with zero attached hydrogens (tertiary/aromatic N) is 1. The van der Waals surface area contributed by atoms with E-state index < -0.39 is 0 Å². The fourth-order valence-electron chi connectivity index (χ4n) is 2.46. The van der Waals surface area contributed by atoms with E-state index in [1.54, 1.807) is 0 Å². The van der Waals surface area contributed by atoms with Gasteiger partial charge in [-0.05, 0) is 51.9 Å². The molecule has 2 nitrogen and oxygen atoms in total. The van der Waals surface area contributed by atoms with E-state index in [-0.39, 0.29) is 6.61 Å². The van der Waals surface area contributed by atoms with Crippen molar-refractivity contribution in [3.8, 4) is 11.3 Å². The highest BCUT2D eigenvalue weighted by Crippen LogP contribution is 2.25. The van der Waals surface area contributed by atoms with Crippen molar-refractivity contribution in [2.75, 3.05) is 6.61 Å². The minimum absolute atomic E-state index is 0.00174. The molecule has 0 unspecified atom stereocenters. The first kappa shape index (κ1) is 15.9. The first-order chi connectivity index (χ1) is 11.3. The number of aliphatic hydroxyl groups is 1. The molecule has 0 aliphatic carbocycles. The molecule has 0 fully saturated rings. The molecule has 114 valence electrons. The van der Waals surface area contributed by atoms with E-state index >= 15 is 0 Å². The Kier molecular flexibility index (Phi) is 5.20. The van der Waals surface area contributed by atoms with Crippen molar-refractivity contribution < 1.29 is 5.11 Å². The van der Waals surface area contributed by atoms with E-state index in [2.05, 4.69) is 57.9 Å². The van der Waals surface area contributed by atoms with Gasteiger partial charge < -0.3 is 5.11 Å². The predicted octanol–water partition coefficient (Wildman–Crippen LogP) is 4.78. The molecule has 0 saturated heterocycles. The largest absolute Gasteiger partial charge is 0.392 e. The third-order valence-electron chi connectivity index (χ3n) is 3.59. The van der Waals surface area contributed by atoms with E-state index in [0.717, 1.165) is 28.0 Å². The highest BCUT2D eigenvalue weighted by molar-refractivity contribution is 14.1. The van der Waals surface area contributed by atoms with Gasteiger partial charge in [0.2, 0.25) is 0 Å². The van der Waals surface area contributed by atoms with Crippen molar-refractivity contribution in [1.29, 1.82) is 0 Å². The molecule has 0 atom stereocenters. The number of pyridine rings is 1. The molecule has 1 N–H and O–H groups in total. The molecule has 23 heavy (non-hydrogen) atoms. The van der Waals surface area contributed by atoms with Crippen LogP contribution in [0.25, 0.3) is 16.8 Å². The zero-order valence-electron chi connectivity index (χ0n) is 12.5. The van der Waals surface area contributed by atoms with Gasteiger partial charge in [0.15, 0.2) is 0 Å². The lowest BCUT2D eigenvalue weighted by Crippen LogP contribution is -1.93. The van der Waals surface area contributed by atoms with E-state index in [4.69, 9.17) is 0 Å². The number of aliphatic hydroxyl groups excluding tert-OH is 1. The Morgan fingerprint density at radius 3 is 2.22 bits per heavy atom. The van der Waals surface area contributed by atoms with Crippen LogP contribution in [0.4, 0.5) is 0 Å². The monoisotopic (exact) mass is 413 g/mol. The van der Waals surface area contributed by atoms with Crippen LogP contribution in [0, 0.1) is 3.57 Å². The van der Waals surface area contributed by atoms with Crippen molar-refractivity contribution in [2.24, 2.45) is 0 Å². The summed E-state index contributed by atoms with van der Waals surface area (Å²) < 4.78 is 1.19. The molecule has 0 bridgehead atoms. The van der Waals surface area contributed by atoms with Gasteiger partial charge in [-0.2, -0.15) is 0 Å². The SMILES string of the molecule is OC/C=C(\c1ccc(I)cc1)c1ccc(-c2ccccc2)nc1. The van der Waals surface area contributed by atoms with Gasteiger partial charge in [0.05, 0.1) is 12.3 Å². The van der Waals surface area contributed by atoms with Crippen molar-refractivity contribution >= 4 is 28.2 Å². The molecule has 0 aliphatic rings. The Hall–Kier alpha value is -1.98. The number of rotatable bonds is 4. The van der Waals surface area contributed by atoms with Crippen LogP contribution in [0.3, 0.4) is 0 Å². The summed E-state index contributed by atoms with van der Waals surface area (Å²) in [6.45, 7) is 0.00174. The van der Waals surface area contributed by atoms with Crippen molar-refractivity contribution in [3.05, 3.63) is 93.7 Å². The number of hydrogen-bond acceptors (Lipinski definition) is 2. The highest BCUT2D eigenvalue weighted by atomic mass is 127. The fourth-order valence-corrected chi connectivity index (χ4v) is 2.82. The lowest BCUT2D eigenvalue weighted by atomic mass is 9.98. The van der Waals surface area contributed by atoms with Crippen LogP contribution in [0.2, 0.25) is 0 Å². The smallest absolute Gasteiger partial charge is 0.0702 e. The van der Waals surface area contributed by atoms with Crippen LogP contribution in [0.1, 0.15) is 11.1 Å². The maximum absolute atomic E-state index is 9.35. The zero-order chi connectivity index (χ0) is 16.1. The molecule has 0 saturated carbocycles. The molecule has 0 radical (unpaired) electrons. The maximum atomic E-state index is 9.35. The first-order valence-electron chi connectivity index (χ1n) is 7.37. The Morgan fingerprint density at radius 2 is 1.61 bits per heavy atom. The third-order valence-corrected chi connectivity index (χ3v) is 4.31. The Balaban J connectivity index is 1.95. The zero-order valence-corrected chi connectivity index (χ0v) is 14.6. The predicted molar refractivity (Wildman–Crippen MR) is 103 cm³/mol. The van der Waals surface area contributed by atoms with Crippen LogP contribution in [0.15, 0.2) is 79.0 Å². The van der Waals surface area contributed by atoms with Gasteiger partial charge in [0.25, 0.3) is 0 Å². The maximum Gasteiger partial charge on any atom is 0.0702 e. The van der Waals surface area contributed by atoms with E-state index in [1.807, 2.05) is 48.7 Å². The molecule has 3 heteroatoms. The molecule has 1 heterocycles. The van der Waals surface area contributed by atoms with Crippen LogP contribution < -0.4 is 0 Å². The summed E-state index contributed by atoms with van der Waals surface area (Å²) in [6, 6.07) is 22.4. The lowest BCUT2D eigenvalue weighted by Gasteiger charge is -2.09. The number of halogens is 1. The summed E-state index contributed by atoms with van der Waals surface area (Å²) in [7, 11) is 0. The fraction of sp³-hybridized carbons (Fsp3) is 0.0500. The normalized spacial score (nSPS) is 11.5. The summed E-state index contributed by atoms with van der Waals surface area (Å²) in [5, 5.41) is 9.35. The highest BCUT2D eigenvalue weighted by Gasteiger charge is 2.06. The second-order valence-corrected chi connectivity index (χ2v) is 6.35. The Labute approximate surface area is 149 Å². The summed E-state index contributed by atoms with van der Waals surface area (Å²) in [4.78, 5) is 4.57. The van der Waals surface area contributed by atoms with Crippen LogP contribution in [-0.2, 0) is 0 Å². The number of benzene rings is 2. The molecule has 3 rings (SSSR count). The lowest BCUT2D eigenvalue weighted by molar-refractivity contribution is 0.343. The average Bonchev–Trinajstić information content (AvgIpc) is 2.62. The molecule has 2 aromatic carbocycles. The summed E-state index contributed by atoms with van der Waals surface area (Å²) in [5.41, 5.74) is 5.12. The Bertz CT molecular complexity index is 793. The first-order valence-corrected chi connectivity index (χ1v) is 8.44. The van der Waals surface area contributed by atoms with E-state index in [0.29, 0.717) is 0 Å². The van der Waals surface area contributed by atoms with Crippen molar-refractivity contribution in [2.45, 2.75) is 0 Å². The van der Waals surface area contributed by atoms with Crippen molar-refractivity contribution in [1.82, 2.24) is 4.98 Å². The third kappa shape index (κ3) is 3.86. The number of hydrogen-bond donors (Lipinski definition) is 1. The minimum atomic E-state index is 0.00174. The second-order valence-electron chi connectivity index (χ2n) is 5.11. The molecular weight excluding hydrogens is 397 g/mol. The van der Waals surface area contributed by atoms with Gasteiger partial charge in [0, 0.05) is 20.9 Å². The molecular formula is C20H16INO. The number of aromatic nitrogens is 1. The standard InChI is InChI=1S/C20H16INO/c21-18-9-6-15(7-10-18)19(12-13-23)17-8-11-20(22-14-17)16-4-2-1-3-5-16/h1-12,14,23H,13H2/b19-12+.